The number of thiol groups is 1. The predicted octanol–water partition coefficient (Wildman–Crippen LogP) is 5.72. The number of carbonyl (C=O) groups is 1. The number of carbonyl (C=O) groups excluding carboxylic acids is 1. The Morgan fingerprint density at radius 2 is 1.90 bits per heavy atom. The SMILES string of the molecule is Cc1cnn(CC(=O)[C@H]2CC[C@H]3[C@@H]4CC[C@@H]5C[C@](C)(S)CC[C@@H]5[C@H]4CC[C@]23C)c1. The lowest BCUT2D eigenvalue weighted by Gasteiger charge is -2.57. The largest absolute Gasteiger partial charge is 0.297 e. The van der Waals surface area contributed by atoms with Gasteiger partial charge in [-0.2, -0.15) is 17.7 Å². The smallest absolute Gasteiger partial charge is 0.157 e. The Balaban J connectivity index is 1.31. The number of ketones is 1. The zero-order valence-electron chi connectivity index (χ0n) is 18.4. The van der Waals surface area contributed by atoms with Crippen molar-refractivity contribution in [2.75, 3.05) is 0 Å². The standard InChI is InChI=1S/C25H38N2OS/c1-16-13-26-27(14-16)15-23(28)22-7-6-21-20-5-4-17-12-24(2,29)10-8-18(17)19(20)9-11-25(21,22)3/h13-14,17-22,29H,4-12,15H2,1-3H3/t17-,18+,19-,20-,21+,22-,24-,25+/m1/s1. The molecule has 8 atom stereocenters. The Morgan fingerprint density at radius 3 is 2.66 bits per heavy atom. The minimum atomic E-state index is 0.222. The summed E-state index contributed by atoms with van der Waals surface area (Å²) >= 11 is 4.96. The van der Waals surface area contributed by atoms with Crippen LogP contribution in [0.2, 0.25) is 0 Å². The van der Waals surface area contributed by atoms with Crippen molar-refractivity contribution in [2.45, 2.75) is 89.9 Å². The summed E-state index contributed by atoms with van der Waals surface area (Å²) in [5.74, 6) is 5.04. The molecular weight excluding hydrogens is 376 g/mol. The van der Waals surface area contributed by atoms with E-state index in [1.54, 1.807) is 0 Å². The quantitative estimate of drug-likeness (QED) is 0.642. The lowest BCUT2D eigenvalue weighted by Crippen LogP contribution is -2.50. The summed E-state index contributed by atoms with van der Waals surface area (Å²) in [6.07, 6.45) is 15.6. The molecule has 0 N–H and O–H groups in total. The molecule has 0 saturated heterocycles. The van der Waals surface area contributed by atoms with Crippen molar-refractivity contribution in [3.63, 3.8) is 0 Å². The molecule has 0 aliphatic heterocycles. The van der Waals surface area contributed by atoms with E-state index >= 15 is 0 Å². The second kappa shape index (κ2) is 7.14. The van der Waals surface area contributed by atoms with Gasteiger partial charge in [-0.25, -0.2) is 0 Å². The summed E-state index contributed by atoms with van der Waals surface area (Å²) in [6.45, 7) is 7.32. The molecule has 4 saturated carbocycles. The molecular formula is C25H38N2OS. The van der Waals surface area contributed by atoms with E-state index in [1.165, 1.54) is 51.4 Å². The highest BCUT2D eigenvalue weighted by atomic mass is 32.1. The van der Waals surface area contributed by atoms with Gasteiger partial charge < -0.3 is 0 Å². The van der Waals surface area contributed by atoms with E-state index in [0.717, 1.165) is 41.6 Å². The van der Waals surface area contributed by atoms with Gasteiger partial charge in [0.25, 0.3) is 0 Å². The van der Waals surface area contributed by atoms with E-state index in [0.29, 0.717) is 12.3 Å². The first-order valence-corrected chi connectivity index (χ1v) is 12.5. The van der Waals surface area contributed by atoms with Crippen LogP contribution in [0.25, 0.3) is 0 Å². The molecule has 0 spiro atoms. The predicted molar refractivity (Wildman–Crippen MR) is 120 cm³/mol. The third-order valence-electron chi connectivity index (χ3n) is 9.71. The summed E-state index contributed by atoms with van der Waals surface area (Å²) in [7, 11) is 0. The number of Topliss-reactive ketones (excluding diaryl/α,β-unsaturated/α-hetero) is 1. The van der Waals surface area contributed by atoms with Crippen molar-refractivity contribution in [1.82, 2.24) is 9.78 Å². The van der Waals surface area contributed by atoms with Gasteiger partial charge in [-0.3, -0.25) is 9.48 Å². The number of aryl methyl sites for hydroxylation is 1. The average Bonchev–Trinajstić information content (AvgIpc) is 3.22. The summed E-state index contributed by atoms with van der Waals surface area (Å²) < 4.78 is 2.11. The molecule has 4 aliphatic rings. The van der Waals surface area contributed by atoms with Crippen molar-refractivity contribution in [3.8, 4) is 0 Å². The van der Waals surface area contributed by atoms with Crippen LogP contribution in [0.3, 0.4) is 0 Å². The second-order valence-electron chi connectivity index (χ2n) is 11.5. The highest BCUT2D eigenvalue weighted by molar-refractivity contribution is 7.81. The maximum Gasteiger partial charge on any atom is 0.157 e. The first-order chi connectivity index (χ1) is 13.8. The van der Waals surface area contributed by atoms with Gasteiger partial charge in [0.15, 0.2) is 5.78 Å². The molecule has 4 fully saturated rings. The maximum absolute atomic E-state index is 13.3. The molecule has 4 aliphatic carbocycles. The number of rotatable bonds is 3. The number of hydrogen-bond acceptors (Lipinski definition) is 3. The van der Waals surface area contributed by atoms with E-state index in [4.69, 9.17) is 12.6 Å². The van der Waals surface area contributed by atoms with Crippen LogP contribution >= 0.6 is 12.6 Å². The van der Waals surface area contributed by atoms with Crippen molar-refractivity contribution in [1.29, 1.82) is 0 Å². The topological polar surface area (TPSA) is 34.9 Å². The van der Waals surface area contributed by atoms with Crippen LogP contribution in [0.5, 0.6) is 0 Å². The monoisotopic (exact) mass is 414 g/mol. The highest BCUT2D eigenvalue weighted by Crippen LogP contribution is 2.65. The van der Waals surface area contributed by atoms with Gasteiger partial charge in [0, 0.05) is 16.9 Å². The van der Waals surface area contributed by atoms with Gasteiger partial charge in [-0.05, 0) is 105 Å². The van der Waals surface area contributed by atoms with E-state index < -0.39 is 0 Å². The Morgan fingerprint density at radius 1 is 1.10 bits per heavy atom. The molecule has 0 amide bonds. The average molecular weight is 415 g/mol. The molecule has 5 rings (SSSR count). The highest BCUT2D eigenvalue weighted by Gasteiger charge is 2.58. The molecule has 1 aromatic heterocycles. The van der Waals surface area contributed by atoms with E-state index in [9.17, 15) is 4.79 Å². The van der Waals surface area contributed by atoms with Gasteiger partial charge in [0.1, 0.15) is 0 Å². The van der Waals surface area contributed by atoms with Crippen molar-refractivity contribution < 1.29 is 4.79 Å². The molecule has 0 unspecified atom stereocenters. The Labute approximate surface area is 181 Å². The van der Waals surface area contributed by atoms with Crippen LogP contribution in [-0.4, -0.2) is 20.3 Å². The van der Waals surface area contributed by atoms with E-state index in [2.05, 4.69) is 18.9 Å². The molecule has 0 bridgehead atoms. The minimum Gasteiger partial charge on any atom is -0.297 e. The van der Waals surface area contributed by atoms with Crippen LogP contribution in [-0.2, 0) is 11.3 Å². The van der Waals surface area contributed by atoms with Crippen LogP contribution in [0.15, 0.2) is 12.4 Å². The summed E-state index contributed by atoms with van der Waals surface area (Å²) in [6, 6.07) is 0. The molecule has 0 radical (unpaired) electrons. The summed E-state index contributed by atoms with van der Waals surface area (Å²) in [4.78, 5) is 13.3. The molecule has 3 nitrogen and oxygen atoms in total. The van der Waals surface area contributed by atoms with E-state index in [1.807, 2.05) is 24.0 Å². The van der Waals surface area contributed by atoms with Crippen LogP contribution in [0.4, 0.5) is 0 Å². The molecule has 1 heterocycles. The number of nitrogens with zero attached hydrogens (tertiary/aromatic N) is 2. The summed E-state index contributed by atoms with van der Waals surface area (Å²) in [5, 5.41) is 4.37. The lowest BCUT2D eigenvalue weighted by molar-refractivity contribution is -0.131. The van der Waals surface area contributed by atoms with Gasteiger partial charge in [-0.1, -0.05) is 13.8 Å². The first kappa shape index (κ1) is 20.2. The van der Waals surface area contributed by atoms with E-state index in [-0.39, 0.29) is 16.1 Å². The molecule has 29 heavy (non-hydrogen) atoms. The Kier molecular flexibility index (Phi) is 4.96. The number of fused-ring (bicyclic) bond motifs is 5. The number of aromatic nitrogens is 2. The lowest BCUT2D eigenvalue weighted by atomic mass is 9.49. The minimum absolute atomic E-state index is 0.222. The normalized spacial score (nSPS) is 46.6. The number of hydrogen-bond donors (Lipinski definition) is 1. The fraction of sp³-hybridized carbons (Fsp3) is 0.840. The third kappa shape index (κ3) is 3.42. The fourth-order valence-electron chi connectivity index (χ4n) is 8.43. The molecule has 1 aromatic rings. The molecule has 4 heteroatoms. The van der Waals surface area contributed by atoms with Gasteiger partial charge in [-0.15, -0.1) is 0 Å². The zero-order chi connectivity index (χ0) is 20.4. The Hall–Kier alpha value is -0.770. The Bertz CT molecular complexity index is 786. The fourth-order valence-corrected chi connectivity index (χ4v) is 8.80. The summed E-state index contributed by atoms with van der Waals surface area (Å²) in [5.41, 5.74) is 1.36. The van der Waals surface area contributed by atoms with Crippen molar-refractivity contribution in [2.24, 2.45) is 40.9 Å². The third-order valence-corrected chi connectivity index (χ3v) is 10.1. The van der Waals surface area contributed by atoms with Crippen LogP contribution in [0.1, 0.15) is 77.2 Å². The van der Waals surface area contributed by atoms with Crippen molar-refractivity contribution >= 4 is 18.4 Å². The van der Waals surface area contributed by atoms with Crippen molar-refractivity contribution in [3.05, 3.63) is 18.0 Å². The maximum atomic E-state index is 13.3. The van der Waals surface area contributed by atoms with Gasteiger partial charge >= 0.3 is 0 Å². The molecule has 0 aromatic carbocycles. The first-order valence-electron chi connectivity index (χ1n) is 12.0. The van der Waals surface area contributed by atoms with Crippen LogP contribution in [0, 0.1) is 47.8 Å². The van der Waals surface area contributed by atoms with Gasteiger partial charge in [0.2, 0.25) is 0 Å². The van der Waals surface area contributed by atoms with Gasteiger partial charge in [0.05, 0.1) is 12.7 Å². The second-order valence-corrected chi connectivity index (χ2v) is 12.6. The zero-order valence-corrected chi connectivity index (χ0v) is 19.3. The van der Waals surface area contributed by atoms with Crippen LogP contribution < -0.4 is 0 Å². The molecule has 160 valence electrons.